The zero-order valence-corrected chi connectivity index (χ0v) is 22.4. The van der Waals surface area contributed by atoms with Crippen molar-refractivity contribution in [1.82, 2.24) is 25.0 Å². The molecule has 12 heteroatoms. The minimum atomic E-state index is -1.37. The Morgan fingerprint density at radius 2 is 1.73 bits per heavy atom. The number of nitrogens with two attached hydrogens (primary N) is 1. The predicted molar refractivity (Wildman–Crippen MR) is 148 cm³/mol. The molecule has 1 aliphatic heterocycles. The molecule has 10 nitrogen and oxygen atoms in total. The number of pyridine rings is 1. The Hall–Kier alpha value is -4.42. The molecule has 2 aromatic carbocycles. The third-order valence-electron chi connectivity index (χ3n) is 7.78. The summed E-state index contributed by atoms with van der Waals surface area (Å²) in [4.78, 5) is 35.8. The number of nitrogens with one attached hydrogen (secondary N) is 1. The average molecular weight is 562 g/mol. The summed E-state index contributed by atoms with van der Waals surface area (Å²) in [6.07, 6.45) is 2.14. The van der Waals surface area contributed by atoms with Crippen molar-refractivity contribution in [2.75, 3.05) is 38.1 Å². The van der Waals surface area contributed by atoms with Crippen LogP contribution in [0.4, 0.5) is 20.2 Å². The second-order valence-corrected chi connectivity index (χ2v) is 10.6. The maximum absolute atomic E-state index is 15.6. The molecule has 2 amide bonds. The average Bonchev–Trinajstić information content (AvgIpc) is 3.68. The number of halogens is 2. The molecular weight excluding hydrogens is 532 g/mol. The van der Waals surface area contributed by atoms with E-state index in [1.807, 2.05) is 0 Å². The van der Waals surface area contributed by atoms with E-state index in [9.17, 15) is 14.0 Å². The number of rotatable bonds is 8. The Kier molecular flexibility index (Phi) is 6.88. The van der Waals surface area contributed by atoms with Gasteiger partial charge in [-0.25, -0.2) is 13.8 Å². The number of likely N-dealkylation sites (N-methyl/N-ethyl adjacent to an activating group) is 1. The van der Waals surface area contributed by atoms with Crippen LogP contribution in [0.25, 0.3) is 11.0 Å². The first-order chi connectivity index (χ1) is 19.7. The van der Waals surface area contributed by atoms with E-state index in [1.54, 1.807) is 12.3 Å². The number of anilines is 2. The first-order valence-corrected chi connectivity index (χ1v) is 13.4. The van der Waals surface area contributed by atoms with Crippen molar-refractivity contribution in [2.24, 2.45) is 11.1 Å². The Bertz CT molecular complexity index is 1610. The quantitative estimate of drug-likeness (QED) is 0.315. The molecule has 2 aromatic heterocycles. The van der Waals surface area contributed by atoms with Crippen LogP contribution in [0, 0.1) is 17.0 Å². The van der Waals surface area contributed by atoms with Gasteiger partial charge in [0.15, 0.2) is 17.2 Å². The lowest BCUT2D eigenvalue weighted by atomic mass is 10.0. The van der Waals surface area contributed by atoms with Crippen molar-refractivity contribution in [3.63, 3.8) is 0 Å². The lowest BCUT2D eigenvalue weighted by molar-refractivity contribution is -0.133. The van der Waals surface area contributed by atoms with E-state index < -0.39 is 28.9 Å². The van der Waals surface area contributed by atoms with Gasteiger partial charge >= 0.3 is 0 Å². The SMILES string of the molecule is CN1CCN(Cc2n[nH]c3nccc(Oc4ccc(N(C(=O)C5(C(N)=O)CC5)c5ccc(F)cc5)cc4F)c23)CC1. The van der Waals surface area contributed by atoms with Crippen molar-refractivity contribution in [3.05, 3.63) is 72.1 Å². The van der Waals surface area contributed by atoms with Crippen molar-refractivity contribution in [3.8, 4) is 11.5 Å². The number of fused-ring (bicyclic) bond motifs is 1. The van der Waals surface area contributed by atoms with Crippen LogP contribution in [0.15, 0.2) is 54.7 Å². The second-order valence-electron chi connectivity index (χ2n) is 10.6. The number of amides is 2. The molecule has 212 valence electrons. The van der Waals surface area contributed by atoms with Gasteiger partial charge in [-0.2, -0.15) is 5.10 Å². The standard InChI is InChI=1S/C29H29F2N7O3/c1-36-12-14-37(15-13-36)17-22-25-24(8-11-33-26(25)35-34-22)41-23-7-6-20(16-21(23)31)38(19-4-2-18(30)3-5-19)28(40)29(9-10-29)27(32)39/h2-8,11,16H,9-10,12-15,17H2,1H3,(H2,32,39)(H,33,34,35). The highest BCUT2D eigenvalue weighted by atomic mass is 19.1. The number of hydrogen-bond acceptors (Lipinski definition) is 7. The number of aromatic amines is 1. The molecule has 3 heterocycles. The fourth-order valence-electron chi connectivity index (χ4n) is 5.11. The summed E-state index contributed by atoms with van der Waals surface area (Å²) < 4.78 is 35.3. The van der Waals surface area contributed by atoms with Crippen molar-refractivity contribution >= 4 is 34.2 Å². The molecule has 1 saturated heterocycles. The molecule has 4 aromatic rings. The van der Waals surface area contributed by atoms with Gasteiger partial charge in [0.05, 0.1) is 16.8 Å². The van der Waals surface area contributed by atoms with E-state index in [0.717, 1.165) is 37.9 Å². The molecule has 6 rings (SSSR count). The number of carbonyl (C=O) groups is 2. The minimum absolute atomic E-state index is 0.0736. The highest BCUT2D eigenvalue weighted by molar-refractivity contribution is 6.16. The molecule has 1 aliphatic carbocycles. The number of nitrogens with zero attached hydrogens (tertiary/aromatic N) is 5. The van der Waals surface area contributed by atoms with E-state index in [4.69, 9.17) is 10.5 Å². The summed E-state index contributed by atoms with van der Waals surface area (Å²) in [6.45, 7) is 4.31. The minimum Gasteiger partial charge on any atom is -0.453 e. The normalized spacial score (nSPS) is 17.0. The third kappa shape index (κ3) is 5.11. The van der Waals surface area contributed by atoms with E-state index >= 15 is 4.39 Å². The molecule has 0 unspecified atom stereocenters. The zero-order chi connectivity index (χ0) is 28.7. The zero-order valence-electron chi connectivity index (χ0n) is 22.4. The molecule has 2 aliphatic rings. The lowest BCUT2D eigenvalue weighted by Gasteiger charge is -2.31. The summed E-state index contributed by atoms with van der Waals surface area (Å²) in [6, 6.07) is 10.9. The molecule has 0 radical (unpaired) electrons. The fraction of sp³-hybridized carbons (Fsp3) is 0.310. The van der Waals surface area contributed by atoms with E-state index in [0.29, 0.717) is 36.2 Å². The van der Waals surface area contributed by atoms with Gasteiger partial charge in [-0.3, -0.25) is 24.5 Å². The first-order valence-electron chi connectivity index (χ1n) is 13.4. The summed E-state index contributed by atoms with van der Waals surface area (Å²) >= 11 is 0. The number of primary amides is 1. The summed E-state index contributed by atoms with van der Waals surface area (Å²) in [7, 11) is 2.09. The topological polar surface area (TPSA) is 121 Å². The molecule has 41 heavy (non-hydrogen) atoms. The summed E-state index contributed by atoms with van der Waals surface area (Å²) in [5.74, 6) is -2.26. The Morgan fingerprint density at radius 3 is 2.39 bits per heavy atom. The molecular formula is C29H29F2N7O3. The van der Waals surface area contributed by atoms with Crippen LogP contribution in [0.5, 0.6) is 11.5 Å². The highest BCUT2D eigenvalue weighted by Crippen LogP contribution is 2.49. The number of hydrogen-bond donors (Lipinski definition) is 2. The second kappa shape index (κ2) is 10.5. The van der Waals surface area contributed by atoms with Crippen molar-refractivity contribution < 1.29 is 23.1 Å². The number of aromatic nitrogens is 3. The molecule has 0 bridgehead atoms. The number of piperazine rings is 1. The van der Waals surface area contributed by atoms with Gasteiger partial charge in [0.2, 0.25) is 11.8 Å². The van der Waals surface area contributed by atoms with Crippen LogP contribution < -0.4 is 15.4 Å². The molecule has 2 fully saturated rings. The first kappa shape index (κ1) is 26.8. The van der Waals surface area contributed by atoms with E-state index in [1.165, 1.54) is 41.3 Å². The van der Waals surface area contributed by atoms with Gasteiger partial charge in [-0.1, -0.05) is 0 Å². The molecule has 0 atom stereocenters. The maximum atomic E-state index is 15.6. The van der Waals surface area contributed by atoms with E-state index in [2.05, 4.69) is 32.0 Å². The number of carbonyl (C=O) groups excluding carboxylic acids is 2. The summed E-state index contributed by atoms with van der Waals surface area (Å²) in [5, 5.41) is 8.04. The smallest absolute Gasteiger partial charge is 0.247 e. The predicted octanol–water partition coefficient (Wildman–Crippen LogP) is 3.71. The summed E-state index contributed by atoms with van der Waals surface area (Å²) in [5.41, 5.74) is 5.88. The Labute approximate surface area is 234 Å². The van der Waals surface area contributed by atoms with Crippen LogP contribution in [0.2, 0.25) is 0 Å². The fourth-order valence-corrected chi connectivity index (χ4v) is 5.11. The van der Waals surface area contributed by atoms with Gasteiger partial charge in [0, 0.05) is 50.7 Å². The largest absolute Gasteiger partial charge is 0.453 e. The van der Waals surface area contributed by atoms with Crippen molar-refractivity contribution in [1.29, 1.82) is 0 Å². The Balaban J connectivity index is 1.31. The van der Waals surface area contributed by atoms with Crippen LogP contribution in [-0.2, 0) is 16.1 Å². The van der Waals surface area contributed by atoms with Crippen LogP contribution >= 0.6 is 0 Å². The van der Waals surface area contributed by atoms with Gasteiger partial charge in [0.1, 0.15) is 17.0 Å². The van der Waals surface area contributed by atoms with Crippen molar-refractivity contribution in [2.45, 2.75) is 19.4 Å². The Morgan fingerprint density at radius 1 is 1.02 bits per heavy atom. The van der Waals surface area contributed by atoms with Crippen LogP contribution in [0.1, 0.15) is 18.5 Å². The number of benzene rings is 2. The molecule has 0 spiro atoms. The maximum Gasteiger partial charge on any atom is 0.247 e. The number of ether oxygens (including phenoxy) is 1. The lowest BCUT2D eigenvalue weighted by Crippen LogP contribution is -2.43. The third-order valence-corrected chi connectivity index (χ3v) is 7.78. The van der Waals surface area contributed by atoms with Crippen LogP contribution in [-0.4, -0.2) is 70.0 Å². The number of H-pyrrole nitrogens is 1. The van der Waals surface area contributed by atoms with Gasteiger partial charge < -0.3 is 15.4 Å². The monoisotopic (exact) mass is 561 g/mol. The highest BCUT2D eigenvalue weighted by Gasteiger charge is 2.57. The molecule has 3 N–H and O–H groups in total. The van der Waals surface area contributed by atoms with Gasteiger partial charge in [-0.15, -0.1) is 0 Å². The van der Waals surface area contributed by atoms with Crippen LogP contribution in [0.3, 0.4) is 0 Å². The molecule has 1 saturated carbocycles. The van der Waals surface area contributed by atoms with Gasteiger partial charge in [-0.05, 0) is 62.4 Å². The van der Waals surface area contributed by atoms with Gasteiger partial charge in [0.25, 0.3) is 0 Å². The van der Waals surface area contributed by atoms with E-state index in [-0.39, 0.29) is 17.1 Å².